The van der Waals surface area contributed by atoms with Crippen molar-refractivity contribution >= 4 is 47.1 Å². The molecule has 1 fully saturated rings. The Morgan fingerprint density at radius 3 is 2.03 bits per heavy atom. The molecule has 1 aromatic carbocycles. The molecule has 204 valence electrons. The summed E-state index contributed by atoms with van der Waals surface area (Å²) in [4.78, 5) is 47.6. The van der Waals surface area contributed by atoms with Crippen LogP contribution in [0.15, 0.2) is 30.3 Å². The van der Waals surface area contributed by atoms with Crippen molar-refractivity contribution in [2.75, 3.05) is 6.61 Å². The predicted octanol–water partition coefficient (Wildman–Crippen LogP) is 3.17. The first kappa shape index (κ1) is 29.3. The Kier molecular flexibility index (Phi) is 10.0. The normalized spacial score (nSPS) is 22.7. The summed E-state index contributed by atoms with van der Waals surface area (Å²) in [5, 5.41) is 8.55. The van der Waals surface area contributed by atoms with Crippen molar-refractivity contribution in [3.05, 3.63) is 57.3 Å². The van der Waals surface area contributed by atoms with Gasteiger partial charge in [-0.3, -0.25) is 19.2 Å². The molecule has 2 heterocycles. The van der Waals surface area contributed by atoms with E-state index in [1.807, 2.05) is 0 Å². The minimum Gasteiger partial charge on any atom is -0.463 e. The van der Waals surface area contributed by atoms with Gasteiger partial charge in [-0.05, 0) is 29.3 Å². The maximum absolute atomic E-state index is 12.1. The Morgan fingerprint density at radius 1 is 0.816 bits per heavy atom. The van der Waals surface area contributed by atoms with Crippen molar-refractivity contribution in [3.8, 4) is 0 Å². The summed E-state index contributed by atoms with van der Waals surface area (Å²) < 4.78 is 27.8. The van der Waals surface area contributed by atoms with Gasteiger partial charge in [-0.25, -0.2) is 0 Å². The summed E-state index contributed by atoms with van der Waals surface area (Å²) in [7, 11) is 0. The topological polar surface area (TPSA) is 140 Å². The maximum atomic E-state index is 12.1. The van der Waals surface area contributed by atoms with Crippen LogP contribution < -0.4 is 0 Å². The van der Waals surface area contributed by atoms with Crippen LogP contribution in [0.3, 0.4) is 0 Å². The number of benzene rings is 1. The van der Waals surface area contributed by atoms with Gasteiger partial charge in [0.25, 0.3) is 0 Å². The predicted molar refractivity (Wildman–Crippen MR) is 132 cm³/mol. The molecule has 1 aromatic heterocycles. The van der Waals surface area contributed by atoms with Gasteiger partial charge in [0, 0.05) is 39.1 Å². The van der Waals surface area contributed by atoms with Crippen LogP contribution in [0.1, 0.15) is 50.6 Å². The molecular formula is C25H26Cl2N2O9. The zero-order valence-corrected chi connectivity index (χ0v) is 22.5. The number of hydrogen-bond acceptors (Lipinski definition) is 11. The maximum Gasteiger partial charge on any atom is 0.303 e. The Balaban J connectivity index is 2.06. The smallest absolute Gasteiger partial charge is 0.303 e. The molecule has 0 radical (unpaired) electrons. The summed E-state index contributed by atoms with van der Waals surface area (Å²) in [6.07, 6.45) is -5.54. The van der Waals surface area contributed by atoms with Gasteiger partial charge in [0.1, 0.15) is 18.8 Å². The molecule has 5 atom stereocenters. The number of hydrogen-bond donors (Lipinski definition) is 0. The molecular weight excluding hydrogens is 543 g/mol. The van der Waals surface area contributed by atoms with E-state index in [2.05, 4.69) is 10.2 Å². The Morgan fingerprint density at radius 2 is 1.45 bits per heavy atom. The lowest BCUT2D eigenvalue weighted by Crippen LogP contribution is -2.59. The molecule has 0 spiro atoms. The van der Waals surface area contributed by atoms with E-state index in [1.54, 1.807) is 30.3 Å². The van der Waals surface area contributed by atoms with E-state index in [9.17, 15) is 19.2 Å². The van der Waals surface area contributed by atoms with Gasteiger partial charge in [0.15, 0.2) is 23.5 Å². The van der Waals surface area contributed by atoms with Gasteiger partial charge in [0.2, 0.25) is 0 Å². The van der Waals surface area contributed by atoms with Gasteiger partial charge in [0.05, 0.1) is 5.69 Å². The quantitative estimate of drug-likeness (QED) is 0.342. The SMILES string of the molecule is CC(=O)OCC1OC(c2ccc(Cl)c(Cc3ccc(Cl)nn3)c2)C(OC(C)=O)C(OC(C)=O)C1OC(C)=O. The van der Waals surface area contributed by atoms with Crippen LogP contribution >= 0.6 is 23.2 Å². The number of ether oxygens (including phenoxy) is 5. The molecule has 11 nitrogen and oxygen atoms in total. The summed E-state index contributed by atoms with van der Waals surface area (Å²) in [6.45, 7) is 4.38. The first-order valence-corrected chi connectivity index (χ1v) is 12.3. The average Bonchev–Trinajstić information content (AvgIpc) is 2.82. The van der Waals surface area contributed by atoms with Crippen molar-refractivity contribution in [1.29, 1.82) is 0 Å². The molecule has 13 heteroatoms. The highest BCUT2D eigenvalue weighted by Crippen LogP contribution is 2.39. The fourth-order valence-corrected chi connectivity index (χ4v) is 4.32. The molecule has 0 aliphatic carbocycles. The number of carbonyl (C=O) groups is 4. The largest absolute Gasteiger partial charge is 0.463 e. The van der Waals surface area contributed by atoms with Crippen molar-refractivity contribution < 1.29 is 42.9 Å². The first-order valence-electron chi connectivity index (χ1n) is 11.5. The number of halogens is 2. The lowest BCUT2D eigenvalue weighted by Gasteiger charge is -2.44. The Hall–Kier alpha value is -3.28. The molecule has 0 amide bonds. The third-order valence-corrected chi connectivity index (χ3v) is 6.02. The van der Waals surface area contributed by atoms with Crippen molar-refractivity contribution in [2.24, 2.45) is 0 Å². The number of carbonyl (C=O) groups excluding carboxylic acids is 4. The molecule has 38 heavy (non-hydrogen) atoms. The average molecular weight is 569 g/mol. The highest BCUT2D eigenvalue weighted by Gasteiger charge is 2.52. The van der Waals surface area contributed by atoms with Crippen molar-refractivity contribution in [3.63, 3.8) is 0 Å². The van der Waals surface area contributed by atoms with E-state index in [0.717, 1.165) is 13.8 Å². The monoisotopic (exact) mass is 568 g/mol. The third kappa shape index (κ3) is 7.86. The van der Waals surface area contributed by atoms with Gasteiger partial charge < -0.3 is 23.7 Å². The highest BCUT2D eigenvalue weighted by atomic mass is 35.5. The van der Waals surface area contributed by atoms with Gasteiger partial charge >= 0.3 is 23.9 Å². The summed E-state index contributed by atoms with van der Waals surface area (Å²) >= 11 is 12.3. The molecule has 2 aromatic rings. The van der Waals surface area contributed by atoms with Gasteiger partial charge in [-0.15, -0.1) is 5.10 Å². The molecule has 0 saturated carbocycles. The van der Waals surface area contributed by atoms with Gasteiger partial charge in [-0.2, -0.15) is 5.10 Å². The van der Waals surface area contributed by atoms with Crippen LogP contribution in [-0.4, -0.2) is 65.1 Å². The van der Waals surface area contributed by atoms with E-state index in [4.69, 9.17) is 46.9 Å². The van der Waals surface area contributed by atoms with E-state index in [0.29, 0.717) is 28.3 Å². The van der Waals surface area contributed by atoms with Crippen LogP contribution in [0.2, 0.25) is 10.2 Å². The number of esters is 4. The van der Waals surface area contributed by atoms with Crippen LogP contribution in [0.4, 0.5) is 0 Å². The first-order chi connectivity index (χ1) is 17.9. The Bertz CT molecular complexity index is 1190. The fraction of sp³-hybridized carbons (Fsp3) is 0.440. The van der Waals surface area contributed by atoms with E-state index < -0.39 is 54.4 Å². The highest BCUT2D eigenvalue weighted by molar-refractivity contribution is 6.31. The third-order valence-electron chi connectivity index (χ3n) is 5.45. The molecule has 0 bridgehead atoms. The second-order valence-electron chi connectivity index (χ2n) is 8.49. The van der Waals surface area contributed by atoms with E-state index in [-0.39, 0.29) is 11.8 Å². The van der Waals surface area contributed by atoms with Crippen LogP contribution in [0.5, 0.6) is 0 Å². The lowest BCUT2D eigenvalue weighted by atomic mass is 9.89. The van der Waals surface area contributed by atoms with Crippen molar-refractivity contribution in [1.82, 2.24) is 10.2 Å². The molecule has 1 aliphatic rings. The summed E-state index contributed by atoms with van der Waals surface area (Å²) in [6, 6.07) is 8.30. The minimum absolute atomic E-state index is 0.242. The van der Waals surface area contributed by atoms with Crippen molar-refractivity contribution in [2.45, 2.75) is 64.6 Å². The molecule has 1 aliphatic heterocycles. The second-order valence-corrected chi connectivity index (χ2v) is 9.29. The fourth-order valence-electron chi connectivity index (χ4n) is 4.04. The summed E-state index contributed by atoms with van der Waals surface area (Å²) in [5.74, 6) is -2.71. The second kappa shape index (κ2) is 13.0. The molecule has 3 rings (SSSR count). The van der Waals surface area contributed by atoms with Crippen LogP contribution in [0.25, 0.3) is 0 Å². The van der Waals surface area contributed by atoms with Gasteiger partial charge in [-0.1, -0.05) is 35.3 Å². The summed E-state index contributed by atoms with van der Waals surface area (Å²) in [5.41, 5.74) is 1.74. The zero-order valence-electron chi connectivity index (χ0n) is 21.0. The molecule has 5 unspecified atom stereocenters. The number of nitrogens with zero attached hydrogens (tertiary/aromatic N) is 2. The van der Waals surface area contributed by atoms with Crippen LogP contribution in [0, 0.1) is 0 Å². The number of rotatable bonds is 8. The lowest BCUT2D eigenvalue weighted by molar-refractivity contribution is -0.254. The minimum atomic E-state index is -1.28. The van der Waals surface area contributed by atoms with E-state index >= 15 is 0 Å². The standard InChI is InChI=1S/C25H26Cl2N2O9/c1-12(30)34-11-20-23(35-13(2)31)25(37-15(4)33)24(36-14(3)32)22(38-20)16-5-7-19(26)17(9-16)10-18-6-8-21(27)29-28-18/h5-9,20,22-25H,10-11H2,1-4H3. The zero-order chi connectivity index (χ0) is 28.0. The van der Waals surface area contributed by atoms with Crippen LogP contribution in [-0.2, 0) is 49.3 Å². The Labute approximate surface area is 228 Å². The van der Waals surface area contributed by atoms with E-state index in [1.165, 1.54) is 13.8 Å². The molecule has 1 saturated heterocycles. The number of aromatic nitrogens is 2. The molecule has 0 N–H and O–H groups in total.